The Morgan fingerprint density at radius 1 is 0.973 bits per heavy atom. The average Bonchev–Trinajstić information content (AvgIpc) is 3.37. The molecule has 10 nitrogen and oxygen atoms in total. The molecule has 0 radical (unpaired) electrons. The predicted molar refractivity (Wildman–Crippen MR) is 139 cm³/mol. The third-order valence-corrected chi connectivity index (χ3v) is 5.72. The van der Waals surface area contributed by atoms with E-state index in [0.29, 0.717) is 25.3 Å². The summed E-state index contributed by atoms with van der Waals surface area (Å²) >= 11 is 0. The molecule has 2 amide bonds. The Morgan fingerprint density at radius 3 is 2.54 bits per heavy atom. The van der Waals surface area contributed by atoms with Crippen molar-refractivity contribution in [3.63, 3.8) is 0 Å². The minimum atomic E-state index is -0.297. The Balaban J connectivity index is 1.19. The van der Waals surface area contributed by atoms with Crippen molar-refractivity contribution in [2.45, 2.75) is 45.8 Å². The van der Waals surface area contributed by atoms with Crippen LogP contribution < -0.4 is 16.2 Å². The summed E-state index contributed by atoms with van der Waals surface area (Å²) in [7, 11) is 0. The second kappa shape index (κ2) is 12.4. The number of hydrogen-bond acceptors (Lipinski definition) is 6. The van der Waals surface area contributed by atoms with Crippen LogP contribution in [0.1, 0.15) is 40.2 Å². The molecule has 0 fully saturated rings. The Bertz CT molecular complexity index is 1400. The zero-order chi connectivity index (χ0) is 26.0. The minimum Gasteiger partial charge on any atom is -0.346 e. The van der Waals surface area contributed by atoms with Crippen LogP contribution in [0.3, 0.4) is 0 Å². The third-order valence-electron chi connectivity index (χ3n) is 5.72. The molecular formula is C27H29N7O3. The number of amides is 2. The molecule has 10 heteroatoms. The number of aryl methyl sites for hydroxylation is 3. The number of anilines is 1. The van der Waals surface area contributed by atoms with Crippen LogP contribution in [-0.4, -0.2) is 36.4 Å². The van der Waals surface area contributed by atoms with Gasteiger partial charge in [0.05, 0.1) is 12.6 Å². The summed E-state index contributed by atoms with van der Waals surface area (Å²) < 4.78 is 3.23. The first-order valence-electron chi connectivity index (χ1n) is 12.1. The molecule has 0 saturated carbocycles. The highest BCUT2D eigenvalue weighted by atomic mass is 16.2. The van der Waals surface area contributed by atoms with Crippen molar-refractivity contribution in [3.05, 3.63) is 106 Å². The van der Waals surface area contributed by atoms with Crippen molar-refractivity contribution in [3.8, 4) is 0 Å². The van der Waals surface area contributed by atoms with E-state index in [4.69, 9.17) is 0 Å². The van der Waals surface area contributed by atoms with Crippen molar-refractivity contribution >= 4 is 17.5 Å². The molecule has 0 aliphatic carbocycles. The molecule has 0 spiro atoms. The highest BCUT2D eigenvalue weighted by Crippen LogP contribution is 2.07. The fourth-order valence-electron chi connectivity index (χ4n) is 3.70. The van der Waals surface area contributed by atoms with Gasteiger partial charge in [-0.3, -0.25) is 24.0 Å². The molecule has 190 valence electrons. The van der Waals surface area contributed by atoms with Crippen molar-refractivity contribution in [2.75, 3.05) is 5.32 Å². The van der Waals surface area contributed by atoms with Crippen LogP contribution in [-0.2, 0) is 30.8 Å². The number of nitrogens with zero attached hydrogens (tertiary/aromatic N) is 5. The second-order valence-electron chi connectivity index (χ2n) is 8.72. The van der Waals surface area contributed by atoms with Gasteiger partial charge >= 0.3 is 0 Å². The second-order valence-corrected chi connectivity index (χ2v) is 8.72. The topological polar surface area (TPSA) is 124 Å². The van der Waals surface area contributed by atoms with Gasteiger partial charge in [-0.15, -0.1) is 5.10 Å². The maximum Gasteiger partial charge on any atom is 0.273 e. The number of benzene rings is 1. The lowest BCUT2D eigenvalue weighted by molar-refractivity contribution is -0.115. The maximum atomic E-state index is 12.4. The van der Waals surface area contributed by atoms with E-state index < -0.39 is 0 Å². The monoisotopic (exact) mass is 499 g/mol. The highest BCUT2D eigenvalue weighted by molar-refractivity contribution is 5.92. The standard InChI is InChI=1S/C27H29N7O3/c1-20-9-10-22(17-28-20)18-29-27(37)24-19-34(32-31-24)13-6-5-12-33-14-11-23(16-26(33)36)30-25(35)15-21-7-3-2-4-8-21/h2-4,7-11,14,16-17,19H,5-6,12-13,15,18H2,1H3,(H,29,37)(H,30,35). The fourth-order valence-corrected chi connectivity index (χ4v) is 3.70. The van der Waals surface area contributed by atoms with Gasteiger partial charge < -0.3 is 15.2 Å². The van der Waals surface area contributed by atoms with Gasteiger partial charge in [0, 0.05) is 49.5 Å². The van der Waals surface area contributed by atoms with Crippen LogP contribution in [0.2, 0.25) is 0 Å². The number of carbonyl (C=O) groups is 2. The highest BCUT2D eigenvalue weighted by Gasteiger charge is 2.11. The number of nitrogens with one attached hydrogen (secondary N) is 2. The van der Waals surface area contributed by atoms with E-state index in [2.05, 4.69) is 25.9 Å². The summed E-state index contributed by atoms with van der Waals surface area (Å²) in [5.74, 6) is -0.467. The van der Waals surface area contributed by atoms with E-state index in [0.717, 1.165) is 29.7 Å². The van der Waals surface area contributed by atoms with Gasteiger partial charge in [-0.25, -0.2) is 0 Å². The van der Waals surface area contributed by atoms with E-state index in [-0.39, 0.29) is 29.5 Å². The van der Waals surface area contributed by atoms with Gasteiger partial charge in [-0.2, -0.15) is 0 Å². The van der Waals surface area contributed by atoms with Gasteiger partial charge in [-0.05, 0) is 43.0 Å². The quantitative estimate of drug-likeness (QED) is 0.306. The summed E-state index contributed by atoms with van der Waals surface area (Å²) in [6.45, 7) is 3.38. The van der Waals surface area contributed by atoms with E-state index >= 15 is 0 Å². The molecule has 2 N–H and O–H groups in total. The largest absolute Gasteiger partial charge is 0.346 e. The minimum absolute atomic E-state index is 0.170. The average molecular weight is 500 g/mol. The number of carbonyl (C=O) groups excluding carboxylic acids is 2. The Morgan fingerprint density at radius 2 is 1.78 bits per heavy atom. The number of aromatic nitrogens is 5. The van der Waals surface area contributed by atoms with E-state index in [1.807, 2.05) is 49.4 Å². The van der Waals surface area contributed by atoms with E-state index in [1.54, 1.807) is 33.9 Å². The SMILES string of the molecule is Cc1ccc(CNC(=O)c2cn(CCCCn3ccc(NC(=O)Cc4ccccc4)cc3=O)nn2)cn1. The van der Waals surface area contributed by atoms with Crippen molar-refractivity contribution in [2.24, 2.45) is 0 Å². The zero-order valence-corrected chi connectivity index (χ0v) is 20.6. The van der Waals surface area contributed by atoms with Gasteiger partial charge in [0.15, 0.2) is 5.69 Å². The molecule has 0 aliphatic rings. The van der Waals surface area contributed by atoms with E-state index in [1.165, 1.54) is 6.07 Å². The molecule has 3 aromatic heterocycles. The van der Waals surface area contributed by atoms with Crippen LogP contribution in [0, 0.1) is 6.92 Å². The lowest BCUT2D eigenvalue weighted by Gasteiger charge is -2.09. The van der Waals surface area contributed by atoms with Gasteiger partial charge in [0.1, 0.15) is 0 Å². The Labute approximate surface area is 214 Å². The van der Waals surface area contributed by atoms with Crippen LogP contribution >= 0.6 is 0 Å². The normalized spacial score (nSPS) is 10.7. The van der Waals surface area contributed by atoms with Crippen molar-refractivity contribution in [1.29, 1.82) is 0 Å². The summed E-state index contributed by atoms with van der Waals surface area (Å²) in [5.41, 5.74) is 3.29. The maximum absolute atomic E-state index is 12.4. The first kappa shape index (κ1) is 25.5. The first-order chi connectivity index (χ1) is 18.0. The summed E-state index contributed by atoms with van der Waals surface area (Å²) in [5, 5.41) is 13.6. The number of hydrogen-bond donors (Lipinski definition) is 2. The fraction of sp³-hybridized carbons (Fsp3) is 0.259. The van der Waals surface area contributed by atoms with E-state index in [9.17, 15) is 14.4 Å². The molecule has 0 bridgehead atoms. The molecule has 4 rings (SSSR count). The third kappa shape index (κ3) is 7.69. The van der Waals surface area contributed by atoms with Gasteiger partial charge in [0.25, 0.3) is 11.5 Å². The van der Waals surface area contributed by atoms with Crippen molar-refractivity contribution in [1.82, 2.24) is 29.9 Å². The molecule has 1 aromatic carbocycles. The van der Waals surface area contributed by atoms with Crippen LogP contribution in [0.25, 0.3) is 0 Å². The zero-order valence-electron chi connectivity index (χ0n) is 20.6. The molecular weight excluding hydrogens is 470 g/mol. The summed E-state index contributed by atoms with van der Waals surface area (Å²) in [6, 6.07) is 16.4. The number of rotatable bonds is 11. The van der Waals surface area contributed by atoms with Crippen molar-refractivity contribution < 1.29 is 9.59 Å². The number of unbranched alkanes of at least 4 members (excludes halogenated alkanes) is 1. The Hall–Kier alpha value is -4.60. The first-order valence-corrected chi connectivity index (χ1v) is 12.1. The lowest BCUT2D eigenvalue weighted by atomic mass is 10.1. The summed E-state index contributed by atoms with van der Waals surface area (Å²) in [6.07, 6.45) is 6.76. The number of pyridine rings is 2. The van der Waals surface area contributed by atoms with Gasteiger partial charge in [0.2, 0.25) is 5.91 Å². The lowest BCUT2D eigenvalue weighted by Crippen LogP contribution is -2.23. The van der Waals surface area contributed by atoms with Crippen LogP contribution in [0.15, 0.2) is 78.0 Å². The Kier molecular flexibility index (Phi) is 8.53. The molecule has 0 aliphatic heterocycles. The smallest absolute Gasteiger partial charge is 0.273 e. The van der Waals surface area contributed by atoms with Gasteiger partial charge in [-0.1, -0.05) is 41.6 Å². The predicted octanol–water partition coefficient (Wildman–Crippen LogP) is 2.73. The van der Waals surface area contributed by atoms with Crippen LogP contribution in [0.4, 0.5) is 5.69 Å². The van der Waals surface area contributed by atoms with Crippen LogP contribution in [0.5, 0.6) is 0 Å². The molecule has 0 atom stereocenters. The molecule has 0 unspecified atom stereocenters. The molecule has 3 heterocycles. The molecule has 0 saturated heterocycles. The summed E-state index contributed by atoms with van der Waals surface area (Å²) in [4.78, 5) is 41.2. The molecule has 37 heavy (non-hydrogen) atoms. The molecule has 4 aromatic rings.